The Kier molecular flexibility index (Phi) is 4.96. The fourth-order valence-corrected chi connectivity index (χ4v) is 4.54. The molecule has 7 heteroatoms. The Bertz CT molecular complexity index is 1370. The van der Waals surface area contributed by atoms with E-state index in [1.165, 1.54) is 5.56 Å². The molecular formula is C26H24N4O3. The van der Waals surface area contributed by atoms with E-state index >= 15 is 0 Å². The Hall–Kier alpha value is -3.84. The van der Waals surface area contributed by atoms with E-state index in [4.69, 9.17) is 9.47 Å². The molecule has 0 atom stereocenters. The maximum atomic E-state index is 12.7. The number of hydrogen-bond acceptors (Lipinski definition) is 5. The summed E-state index contributed by atoms with van der Waals surface area (Å²) in [6, 6.07) is 16.3. The molecule has 2 aromatic heterocycles. The highest BCUT2D eigenvalue weighted by molar-refractivity contribution is 6.07. The van der Waals surface area contributed by atoms with E-state index in [0.29, 0.717) is 13.1 Å². The van der Waals surface area contributed by atoms with Crippen LogP contribution >= 0.6 is 0 Å². The number of nitrogens with zero attached hydrogens (tertiary/aromatic N) is 3. The van der Waals surface area contributed by atoms with Crippen molar-refractivity contribution in [3.8, 4) is 11.5 Å². The molecular weight excluding hydrogens is 416 g/mol. The smallest absolute Gasteiger partial charge is 0.246 e. The summed E-state index contributed by atoms with van der Waals surface area (Å²) in [4.78, 5) is 24.9. The third-order valence-electron chi connectivity index (χ3n) is 6.34. The summed E-state index contributed by atoms with van der Waals surface area (Å²) in [5.74, 6) is 1.64. The molecule has 6 rings (SSSR count). The average Bonchev–Trinajstić information content (AvgIpc) is 3.47. The number of fused-ring (bicyclic) bond motifs is 4. The fourth-order valence-electron chi connectivity index (χ4n) is 4.54. The molecule has 1 saturated heterocycles. The number of carbonyl (C=O) groups is 1. The number of carbonyl (C=O) groups excluding carboxylic acids is 1. The molecule has 2 aromatic carbocycles. The van der Waals surface area contributed by atoms with Gasteiger partial charge in [0.05, 0.1) is 17.4 Å². The number of ether oxygens (including phenoxy) is 2. The van der Waals surface area contributed by atoms with Crippen LogP contribution in [0.15, 0.2) is 60.8 Å². The summed E-state index contributed by atoms with van der Waals surface area (Å²) >= 11 is 0. The lowest BCUT2D eigenvalue weighted by Gasteiger charge is -2.34. The van der Waals surface area contributed by atoms with Crippen LogP contribution in [0.4, 0.5) is 0 Å². The number of pyridine rings is 1. The number of amides is 1. The maximum absolute atomic E-state index is 12.7. The largest absolute Gasteiger partial charge is 0.454 e. The van der Waals surface area contributed by atoms with Gasteiger partial charge in [-0.15, -0.1) is 0 Å². The number of hydrogen-bond donors (Lipinski definition) is 1. The molecule has 1 amide bonds. The Balaban J connectivity index is 1.08. The van der Waals surface area contributed by atoms with Gasteiger partial charge in [0.1, 0.15) is 0 Å². The highest BCUT2D eigenvalue weighted by Crippen LogP contribution is 2.33. The summed E-state index contributed by atoms with van der Waals surface area (Å²) < 4.78 is 10.9. The van der Waals surface area contributed by atoms with Gasteiger partial charge >= 0.3 is 0 Å². The van der Waals surface area contributed by atoms with Crippen LogP contribution in [0.1, 0.15) is 11.3 Å². The van der Waals surface area contributed by atoms with Gasteiger partial charge in [-0.2, -0.15) is 0 Å². The molecule has 0 unspecified atom stereocenters. The molecule has 0 bridgehead atoms. The third kappa shape index (κ3) is 3.91. The van der Waals surface area contributed by atoms with Gasteiger partial charge in [-0.3, -0.25) is 14.7 Å². The van der Waals surface area contributed by atoms with Crippen molar-refractivity contribution in [2.75, 3.05) is 33.0 Å². The first-order valence-corrected chi connectivity index (χ1v) is 11.2. The van der Waals surface area contributed by atoms with Crippen LogP contribution in [0.25, 0.3) is 27.9 Å². The summed E-state index contributed by atoms with van der Waals surface area (Å²) in [6.07, 6.45) is 5.27. The summed E-state index contributed by atoms with van der Waals surface area (Å²) in [5.41, 5.74) is 4.06. The summed E-state index contributed by atoms with van der Waals surface area (Å²) in [6.45, 7) is 4.23. The lowest BCUT2D eigenvalue weighted by atomic mass is 10.1. The first-order chi connectivity index (χ1) is 16.2. The van der Waals surface area contributed by atoms with E-state index in [1.54, 1.807) is 6.08 Å². The fraction of sp³-hybridized carbons (Fsp3) is 0.231. The van der Waals surface area contributed by atoms with Crippen molar-refractivity contribution in [2.45, 2.75) is 6.54 Å². The first kappa shape index (κ1) is 19.8. The minimum atomic E-state index is 0.0264. The minimum absolute atomic E-state index is 0.0264. The van der Waals surface area contributed by atoms with Crippen LogP contribution in [0.5, 0.6) is 11.5 Å². The lowest BCUT2D eigenvalue weighted by Crippen LogP contribution is -2.47. The molecule has 4 heterocycles. The number of rotatable bonds is 4. The van der Waals surface area contributed by atoms with Crippen molar-refractivity contribution in [3.05, 3.63) is 72.1 Å². The zero-order chi connectivity index (χ0) is 22.2. The molecule has 166 valence electrons. The molecule has 4 aromatic rings. The minimum Gasteiger partial charge on any atom is -0.454 e. The van der Waals surface area contributed by atoms with Crippen LogP contribution in [0, 0.1) is 0 Å². The van der Waals surface area contributed by atoms with Crippen molar-refractivity contribution < 1.29 is 14.3 Å². The second kappa shape index (κ2) is 8.26. The molecule has 1 fully saturated rings. The zero-order valence-electron chi connectivity index (χ0n) is 18.2. The average molecular weight is 441 g/mol. The SMILES string of the molecule is O=C(/C=C/c1cc2c(cn1)[nH]c1ccccc12)N1CCN(Cc2ccc3c(c2)OCO3)CC1. The van der Waals surface area contributed by atoms with Gasteiger partial charge in [-0.05, 0) is 35.9 Å². The quantitative estimate of drug-likeness (QED) is 0.489. The topological polar surface area (TPSA) is 70.7 Å². The van der Waals surface area contributed by atoms with E-state index in [2.05, 4.69) is 33.1 Å². The van der Waals surface area contributed by atoms with E-state index in [9.17, 15) is 4.79 Å². The van der Waals surface area contributed by atoms with Crippen molar-refractivity contribution in [2.24, 2.45) is 0 Å². The standard InChI is InChI=1S/C26H24N4O3/c31-26(8-6-19-14-21-20-3-1-2-4-22(20)28-23(21)15-27-19)30-11-9-29(10-12-30)16-18-5-7-24-25(13-18)33-17-32-24/h1-8,13-15,28H,9-12,16-17H2/b8-6+. The number of H-pyrrole nitrogens is 1. The van der Waals surface area contributed by atoms with Gasteiger partial charge < -0.3 is 19.4 Å². The van der Waals surface area contributed by atoms with E-state index in [1.807, 2.05) is 47.5 Å². The molecule has 0 spiro atoms. The second-order valence-electron chi connectivity index (χ2n) is 8.45. The van der Waals surface area contributed by atoms with Crippen molar-refractivity contribution in [1.29, 1.82) is 0 Å². The third-order valence-corrected chi connectivity index (χ3v) is 6.34. The molecule has 7 nitrogen and oxygen atoms in total. The first-order valence-electron chi connectivity index (χ1n) is 11.2. The molecule has 0 aliphatic carbocycles. The van der Waals surface area contributed by atoms with Gasteiger partial charge in [0, 0.05) is 55.1 Å². The number of piperazine rings is 1. The number of aromatic nitrogens is 2. The monoisotopic (exact) mass is 440 g/mol. The Morgan fingerprint density at radius 1 is 0.970 bits per heavy atom. The molecule has 2 aliphatic heterocycles. The Labute approximate surface area is 191 Å². The summed E-state index contributed by atoms with van der Waals surface area (Å²) in [5, 5.41) is 2.28. The summed E-state index contributed by atoms with van der Waals surface area (Å²) in [7, 11) is 0. The highest BCUT2D eigenvalue weighted by Gasteiger charge is 2.21. The van der Waals surface area contributed by atoms with Crippen molar-refractivity contribution in [3.63, 3.8) is 0 Å². The highest BCUT2D eigenvalue weighted by atomic mass is 16.7. The molecule has 0 radical (unpaired) electrons. The molecule has 0 saturated carbocycles. The molecule has 33 heavy (non-hydrogen) atoms. The van der Waals surface area contributed by atoms with Gasteiger partial charge in [-0.25, -0.2) is 0 Å². The van der Waals surface area contributed by atoms with Gasteiger partial charge in [0.15, 0.2) is 11.5 Å². The lowest BCUT2D eigenvalue weighted by molar-refractivity contribution is -0.127. The van der Waals surface area contributed by atoms with Crippen LogP contribution in [0.3, 0.4) is 0 Å². The predicted molar refractivity (Wildman–Crippen MR) is 127 cm³/mol. The number of aromatic amines is 1. The van der Waals surface area contributed by atoms with E-state index in [-0.39, 0.29) is 12.7 Å². The number of nitrogens with one attached hydrogen (secondary N) is 1. The maximum Gasteiger partial charge on any atom is 0.246 e. The number of para-hydroxylation sites is 1. The zero-order valence-corrected chi connectivity index (χ0v) is 18.2. The Morgan fingerprint density at radius 3 is 2.73 bits per heavy atom. The van der Waals surface area contributed by atoms with Crippen LogP contribution in [0.2, 0.25) is 0 Å². The van der Waals surface area contributed by atoms with Gasteiger partial charge in [0.2, 0.25) is 12.7 Å². The van der Waals surface area contributed by atoms with Gasteiger partial charge in [0.25, 0.3) is 0 Å². The van der Waals surface area contributed by atoms with Crippen molar-refractivity contribution in [1.82, 2.24) is 19.8 Å². The molecule has 1 N–H and O–H groups in total. The second-order valence-corrected chi connectivity index (χ2v) is 8.45. The number of benzene rings is 2. The molecule has 2 aliphatic rings. The van der Waals surface area contributed by atoms with E-state index in [0.717, 1.165) is 58.6 Å². The van der Waals surface area contributed by atoms with Crippen LogP contribution < -0.4 is 9.47 Å². The van der Waals surface area contributed by atoms with E-state index < -0.39 is 0 Å². The normalized spacial score (nSPS) is 16.3. The van der Waals surface area contributed by atoms with Gasteiger partial charge in [-0.1, -0.05) is 24.3 Å². The Morgan fingerprint density at radius 2 is 1.82 bits per heavy atom. The van der Waals surface area contributed by atoms with Crippen LogP contribution in [-0.2, 0) is 11.3 Å². The predicted octanol–water partition coefficient (Wildman–Crippen LogP) is 3.80. The van der Waals surface area contributed by atoms with Crippen LogP contribution in [-0.4, -0.2) is 58.6 Å². The van der Waals surface area contributed by atoms with Crippen molar-refractivity contribution >= 4 is 33.8 Å².